The standard InChI is InChI=1S/C15H21N3O2/c1-10(14(19)18-12-7-8-12)17-15(20)13(16)9-11-5-3-2-4-6-11/h2-6,10,12-13H,7-9,16H2,1H3,(H,17,20)(H,18,19). The zero-order valence-electron chi connectivity index (χ0n) is 11.6. The van der Waals surface area contributed by atoms with E-state index in [-0.39, 0.29) is 11.8 Å². The second-order valence-corrected chi connectivity index (χ2v) is 5.31. The van der Waals surface area contributed by atoms with Gasteiger partial charge in [-0.3, -0.25) is 9.59 Å². The Morgan fingerprint density at radius 3 is 2.50 bits per heavy atom. The molecule has 2 rings (SSSR count). The van der Waals surface area contributed by atoms with Crippen LogP contribution in [0.15, 0.2) is 30.3 Å². The van der Waals surface area contributed by atoms with Crippen molar-refractivity contribution in [3.05, 3.63) is 35.9 Å². The van der Waals surface area contributed by atoms with Crippen molar-refractivity contribution in [2.45, 2.75) is 44.3 Å². The molecule has 5 nitrogen and oxygen atoms in total. The molecule has 0 bridgehead atoms. The highest BCUT2D eigenvalue weighted by atomic mass is 16.2. The Labute approximate surface area is 118 Å². The summed E-state index contributed by atoms with van der Waals surface area (Å²) in [7, 11) is 0. The summed E-state index contributed by atoms with van der Waals surface area (Å²) in [6, 6.07) is 8.68. The highest BCUT2D eigenvalue weighted by Crippen LogP contribution is 2.18. The first-order chi connectivity index (χ1) is 9.56. The van der Waals surface area contributed by atoms with Crippen LogP contribution in [0.2, 0.25) is 0 Å². The predicted molar refractivity (Wildman–Crippen MR) is 76.9 cm³/mol. The fourth-order valence-electron chi connectivity index (χ4n) is 1.90. The van der Waals surface area contributed by atoms with E-state index in [2.05, 4.69) is 10.6 Å². The number of carbonyl (C=O) groups is 2. The minimum atomic E-state index is -0.645. The van der Waals surface area contributed by atoms with Crippen LogP contribution in [0, 0.1) is 0 Å². The summed E-state index contributed by atoms with van der Waals surface area (Å²) >= 11 is 0. The largest absolute Gasteiger partial charge is 0.352 e. The van der Waals surface area contributed by atoms with Crippen LogP contribution in [0.4, 0.5) is 0 Å². The third kappa shape index (κ3) is 4.35. The Bertz CT molecular complexity index is 471. The molecule has 0 heterocycles. The Hall–Kier alpha value is -1.88. The van der Waals surface area contributed by atoms with E-state index >= 15 is 0 Å². The first kappa shape index (κ1) is 14.5. The van der Waals surface area contributed by atoms with Gasteiger partial charge in [0.25, 0.3) is 0 Å². The van der Waals surface area contributed by atoms with Gasteiger partial charge in [0.05, 0.1) is 6.04 Å². The van der Waals surface area contributed by atoms with Gasteiger partial charge >= 0.3 is 0 Å². The highest BCUT2D eigenvalue weighted by molar-refractivity contribution is 5.89. The minimum Gasteiger partial charge on any atom is -0.352 e. The molecule has 1 aliphatic carbocycles. The van der Waals surface area contributed by atoms with Gasteiger partial charge < -0.3 is 16.4 Å². The number of hydrogen-bond donors (Lipinski definition) is 3. The van der Waals surface area contributed by atoms with E-state index in [9.17, 15) is 9.59 Å². The fourth-order valence-corrected chi connectivity index (χ4v) is 1.90. The first-order valence-corrected chi connectivity index (χ1v) is 6.96. The van der Waals surface area contributed by atoms with Gasteiger partial charge in [-0.05, 0) is 31.7 Å². The van der Waals surface area contributed by atoms with Gasteiger partial charge in [0.2, 0.25) is 11.8 Å². The number of benzene rings is 1. The molecule has 1 fully saturated rings. The van der Waals surface area contributed by atoms with E-state index in [4.69, 9.17) is 5.73 Å². The van der Waals surface area contributed by atoms with Gasteiger partial charge in [0, 0.05) is 6.04 Å². The number of hydrogen-bond acceptors (Lipinski definition) is 3. The number of nitrogens with one attached hydrogen (secondary N) is 2. The maximum Gasteiger partial charge on any atom is 0.242 e. The van der Waals surface area contributed by atoms with E-state index in [0.29, 0.717) is 12.5 Å². The monoisotopic (exact) mass is 275 g/mol. The average molecular weight is 275 g/mol. The van der Waals surface area contributed by atoms with Crippen LogP contribution in [-0.4, -0.2) is 29.9 Å². The molecule has 0 radical (unpaired) electrons. The summed E-state index contributed by atoms with van der Waals surface area (Å²) in [5, 5.41) is 5.51. The quantitative estimate of drug-likeness (QED) is 0.700. The summed E-state index contributed by atoms with van der Waals surface area (Å²) in [6.45, 7) is 1.67. The smallest absolute Gasteiger partial charge is 0.242 e. The molecule has 0 spiro atoms. The molecule has 5 heteroatoms. The van der Waals surface area contributed by atoms with E-state index in [1.165, 1.54) is 0 Å². The Morgan fingerprint density at radius 2 is 1.90 bits per heavy atom. The molecule has 1 aromatic rings. The third-order valence-electron chi connectivity index (χ3n) is 3.31. The summed E-state index contributed by atoms with van der Waals surface area (Å²) in [5.41, 5.74) is 6.87. The maximum absolute atomic E-state index is 11.9. The van der Waals surface area contributed by atoms with Crippen LogP contribution >= 0.6 is 0 Å². The van der Waals surface area contributed by atoms with Crippen LogP contribution in [0.3, 0.4) is 0 Å². The Kier molecular flexibility index (Phi) is 4.74. The second-order valence-electron chi connectivity index (χ2n) is 5.31. The minimum absolute atomic E-state index is 0.146. The first-order valence-electron chi connectivity index (χ1n) is 6.96. The zero-order valence-corrected chi connectivity index (χ0v) is 11.6. The van der Waals surface area contributed by atoms with Crippen molar-refractivity contribution in [1.82, 2.24) is 10.6 Å². The summed E-state index contributed by atoms with van der Waals surface area (Å²) in [4.78, 5) is 23.7. The lowest BCUT2D eigenvalue weighted by Crippen LogP contribution is -2.51. The van der Waals surface area contributed by atoms with Crippen LogP contribution in [0.1, 0.15) is 25.3 Å². The van der Waals surface area contributed by atoms with Gasteiger partial charge in [0.1, 0.15) is 6.04 Å². The Balaban J connectivity index is 1.79. The van der Waals surface area contributed by atoms with E-state index in [1.807, 2.05) is 30.3 Å². The van der Waals surface area contributed by atoms with Crippen molar-refractivity contribution in [2.24, 2.45) is 5.73 Å². The molecule has 1 aliphatic rings. The number of nitrogens with two attached hydrogens (primary N) is 1. The van der Waals surface area contributed by atoms with Crippen molar-refractivity contribution in [3.63, 3.8) is 0 Å². The third-order valence-corrected chi connectivity index (χ3v) is 3.31. The molecular weight excluding hydrogens is 254 g/mol. The topological polar surface area (TPSA) is 84.2 Å². The van der Waals surface area contributed by atoms with Crippen molar-refractivity contribution in [3.8, 4) is 0 Å². The molecular formula is C15H21N3O2. The summed E-state index contributed by atoms with van der Waals surface area (Å²) < 4.78 is 0. The van der Waals surface area contributed by atoms with Gasteiger partial charge in [-0.15, -0.1) is 0 Å². The average Bonchev–Trinajstić information content (AvgIpc) is 3.23. The van der Waals surface area contributed by atoms with Crippen LogP contribution in [-0.2, 0) is 16.0 Å². The van der Waals surface area contributed by atoms with E-state index in [0.717, 1.165) is 18.4 Å². The normalized spacial score (nSPS) is 17.1. The molecule has 1 saturated carbocycles. The molecule has 0 saturated heterocycles. The highest BCUT2D eigenvalue weighted by Gasteiger charge is 2.27. The molecule has 2 unspecified atom stereocenters. The van der Waals surface area contributed by atoms with Gasteiger partial charge in [-0.1, -0.05) is 30.3 Å². The number of rotatable bonds is 6. The van der Waals surface area contributed by atoms with Crippen LogP contribution in [0.5, 0.6) is 0 Å². The predicted octanol–water partition coefficient (Wildman–Crippen LogP) is 0.340. The zero-order chi connectivity index (χ0) is 14.5. The summed E-state index contributed by atoms with van der Waals surface area (Å²) in [6.07, 6.45) is 2.52. The SMILES string of the molecule is CC(NC(=O)C(N)Cc1ccccc1)C(=O)NC1CC1. The fraction of sp³-hybridized carbons (Fsp3) is 0.467. The molecule has 0 aliphatic heterocycles. The van der Waals surface area contributed by atoms with Crippen molar-refractivity contribution >= 4 is 11.8 Å². The lowest BCUT2D eigenvalue weighted by atomic mass is 10.1. The van der Waals surface area contributed by atoms with Gasteiger partial charge in [0.15, 0.2) is 0 Å². The molecule has 2 atom stereocenters. The van der Waals surface area contributed by atoms with Crippen molar-refractivity contribution in [1.29, 1.82) is 0 Å². The molecule has 1 aromatic carbocycles. The molecule has 108 valence electrons. The maximum atomic E-state index is 11.9. The molecule has 20 heavy (non-hydrogen) atoms. The van der Waals surface area contributed by atoms with Crippen molar-refractivity contribution in [2.75, 3.05) is 0 Å². The van der Waals surface area contributed by atoms with Gasteiger partial charge in [-0.25, -0.2) is 0 Å². The second kappa shape index (κ2) is 6.52. The van der Waals surface area contributed by atoms with Crippen LogP contribution < -0.4 is 16.4 Å². The number of amides is 2. The Morgan fingerprint density at radius 1 is 1.25 bits per heavy atom. The van der Waals surface area contributed by atoms with Crippen LogP contribution in [0.25, 0.3) is 0 Å². The van der Waals surface area contributed by atoms with E-state index < -0.39 is 12.1 Å². The number of carbonyl (C=O) groups excluding carboxylic acids is 2. The molecule has 2 amide bonds. The van der Waals surface area contributed by atoms with Crippen molar-refractivity contribution < 1.29 is 9.59 Å². The lowest BCUT2D eigenvalue weighted by Gasteiger charge is -2.17. The summed E-state index contributed by atoms with van der Waals surface area (Å²) in [5.74, 6) is -0.444. The van der Waals surface area contributed by atoms with Gasteiger partial charge in [-0.2, -0.15) is 0 Å². The molecule has 4 N–H and O–H groups in total. The lowest BCUT2D eigenvalue weighted by molar-refractivity contribution is -0.129. The van der Waals surface area contributed by atoms with E-state index in [1.54, 1.807) is 6.92 Å². The molecule has 0 aromatic heterocycles.